The van der Waals surface area contributed by atoms with Crippen molar-refractivity contribution in [2.75, 3.05) is 20.2 Å². The summed E-state index contributed by atoms with van der Waals surface area (Å²) in [4.78, 5) is 14.8. The van der Waals surface area contributed by atoms with Gasteiger partial charge in [0.1, 0.15) is 12.4 Å². The van der Waals surface area contributed by atoms with E-state index in [-0.39, 0.29) is 11.9 Å². The van der Waals surface area contributed by atoms with Crippen LogP contribution in [0.1, 0.15) is 34.6 Å². The van der Waals surface area contributed by atoms with Crippen LogP contribution in [0.3, 0.4) is 0 Å². The summed E-state index contributed by atoms with van der Waals surface area (Å²) in [6.45, 7) is 4.68. The highest BCUT2D eigenvalue weighted by Gasteiger charge is 2.23. The van der Waals surface area contributed by atoms with Gasteiger partial charge in [-0.25, -0.2) is 0 Å². The van der Waals surface area contributed by atoms with Crippen molar-refractivity contribution in [3.63, 3.8) is 0 Å². The number of hydrogen-bond acceptors (Lipinski definition) is 4. The Morgan fingerprint density at radius 1 is 1.21 bits per heavy atom. The van der Waals surface area contributed by atoms with Crippen LogP contribution in [0.4, 0.5) is 0 Å². The number of carbonyl (C=O) groups is 1. The summed E-state index contributed by atoms with van der Waals surface area (Å²) in [5.41, 5.74) is 9.82. The molecule has 1 heterocycles. The Kier molecular flexibility index (Phi) is 6.11. The van der Waals surface area contributed by atoms with E-state index in [9.17, 15) is 4.79 Å². The molecule has 2 aromatic carbocycles. The Labute approximate surface area is 165 Å². The lowest BCUT2D eigenvalue weighted by atomic mass is 10.1. The van der Waals surface area contributed by atoms with Crippen LogP contribution in [0.2, 0.25) is 0 Å². The van der Waals surface area contributed by atoms with Crippen LogP contribution in [0.5, 0.6) is 5.75 Å². The normalized spacial score (nSPS) is 11.9. The van der Waals surface area contributed by atoms with Gasteiger partial charge in [0.15, 0.2) is 0 Å². The number of ether oxygens (including phenoxy) is 1. The van der Waals surface area contributed by atoms with E-state index in [1.54, 1.807) is 11.9 Å². The molecule has 3 aromatic rings. The first-order valence-corrected chi connectivity index (χ1v) is 9.32. The molecule has 3 rings (SSSR count). The second-order valence-electron chi connectivity index (χ2n) is 6.80. The first-order valence-electron chi connectivity index (χ1n) is 9.32. The summed E-state index contributed by atoms with van der Waals surface area (Å²) >= 11 is 0. The molecule has 0 aliphatic heterocycles. The monoisotopic (exact) mass is 378 g/mol. The van der Waals surface area contributed by atoms with Crippen molar-refractivity contribution in [1.29, 1.82) is 0 Å². The van der Waals surface area contributed by atoms with Gasteiger partial charge in [-0.2, -0.15) is 5.10 Å². The molecule has 6 heteroatoms. The molecule has 0 saturated carbocycles. The van der Waals surface area contributed by atoms with Gasteiger partial charge in [-0.1, -0.05) is 42.0 Å². The highest BCUT2D eigenvalue weighted by atomic mass is 16.5. The number of benzene rings is 2. The number of aryl methyl sites for hydroxylation is 1. The predicted molar refractivity (Wildman–Crippen MR) is 110 cm³/mol. The molecule has 0 bridgehead atoms. The van der Waals surface area contributed by atoms with E-state index in [4.69, 9.17) is 10.5 Å². The second kappa shape index (κ2) is 8.71. The Bertz CT molecular complexity index is 937. The Balaban J connectivity index is 1.82. The zero-order chi connectivity index (χ0) is 20.1. The molecule has 1 atom stereocenters. The SMILES string of the molecule is Cc1ccc(OCCN)c(C(=O)N(C)[C@@H](C)c2cc(-c3ccccc3)n[nH]2)c1. The standard InChI is InChI=1S/C22H26N4O2/c1-15-9-10-21(28-12-11-23)18(13-15)22(27)26(3)16(2)19-14-20(25-24-19)17-7-5-4-6-8-17/h4-10,13-14,16H,11-12,23H2,1-3H3,(H,24,25)/t16-/m0/s1. The molecule has 28 heavy (non-hydrogen) atoms. The molecule has 0 aliphatic rings. The van der Waals surface area contributed by atoms with Gasteiger partial charge in [0.05, 0.1) is 23.0 Å². The van der Waals surface area contributed by atoms with Gasteiger partial charge < -0.3 is 15.4 Å². The Morgan fingerprint density at radius 3 is 2.68 bits per heavy atom. The Hall–Kier alpha value is -3.12. The third kappa shape index (κ3) is 4.23. The quantitative estimate of drug-likeness (QED) is 0.658. The second-order valence-corrected chi connectivity index (χ2v) is 6.80. The van der Waals surface area contributed by atoms with Crippen molar-refractivity contribution >= 4 is 5.91 Å². The van der Waals surface area contributed by atoms with Crippen LogP contribution in [-0.2, 0) is 0 Å². The van der Waals surface area contributed by atoms with Gasteiger partial charge in [0.2, 0.25) is 0 Å². The summed E-state index contributed by atoms with van der Waals surface area (Å²) in [5.74, 6) is 0.439. The lowest BCUT2D eigenvalue weighted by Crippen LogP contribution is -2.30. The van der Waals surface area contributed by atoms with E-state index < -0.39 is 0 Å². The molecule has 146 valence electrons. The van der Waals surface area contributed by atoms with Gasteiger partial charge in [-0.3, -0.25) is 9.89 Å². The molecule has 1 aromatic heterocycles. The van der Waals surface area contributed by atoms with E-state index in [0.717, 1.165) is 22.5 Å². The van der Waals surface area contributed by atoms with E-state index in [1.165, 1.54) is 0 Å². The van der Waals surface area contributed by atoms with Crippen LogP contribution < -0.4 is 10.5 Å². The first kappa shape index (κ1) is 19.6. The van der Waals surface area contributed by atoms with E-state index in [0.29, 0.717) is 24.5 Å². The number of aromatic amines is 1. The minimum atomic E-state index is -0.180. The fourth-order valence-corrected chi connectivity index (χ4v) is 2.99. The van der Waals surface area contributed by atoms with Crippen molar-refractivity contribution in [3.8, 4) is 17.0 Å². The smallest absolute Gasteiger partial charge is 0.257 e. The lowest BCUT2D eigenvalue weighted by molar-refractivity contribution is 0.0735. The molecule has 0 spiro atoms. The number of hydrogen-bond donors (Lipinski definition) is 2. The fourth-order valence-electron chi connectivity index (χ4n) is 2.99. The number of nitrogens with two attached hydrogens (primary N) is 1. The van der Waals surface area contributed by atoms with Crippen molar-refractivity contribution in [2.45, 2.75) is 19.9 Å². The van der Waals surface area contributed by atoms with E-state index in [2.05, 4.69) is 10.2 Å². The highest BCUT2D eigenvalue weighted by Crippen LogP contribution is 2.27. The van der Waals surface area contributed by atoms with Crippen LogP contribution in [-0.4, -0.2) is 41.2 Å². The maximum absolute atomic E-state index is 13.2. The summed E-state index contributed by atoms with van der Waals surface area (Å²) in [6.07, 6.45) is 0. The van der Waals surface area contributed by atoms with Gasteiger partial charge in [0, 0.05) is 19.2 Å². The van der Waals surface area contributed by atoms with Gasteiger partial charge in [-0.05, 0) is 32.0 Å². The molecular formula is C22H26N4O2. The van der Waals surface area contributed by atoms with Crippen LogP contribution in [0.15, 0.2) is 54.6 Å². The van der Waals surface area contributed by atoms with Gasteiger partial charge in [-0.15, -0.1) is 0 Å². The maximum atomic E-state index is 13.2. The third-order valence-corrected chi connectivity index (χ3v) is 4.76. The van der Waals surface area contributed by atoms with Crippen LogP contribution >= 0.6 is 0 Å². The summed E-state index contributed by atoms with van der Waals surface area (Å²) in [7, 11) is 1.78. The predicted octanol–water partition coefficient (Wildman–Crippen LogP) is 3.56. The minimum absolute atomic E-state index is 0.112. The van der Waals surface area contributed by atoms with Gasteiger partial charge in [0.25, 0.3) is 5.91 Å². The van der Waals surface area contributed by atoms with Crippen LogP contribution in [0.25, 0.3) is 11.3 Å². The average molecular weight is 378 g/mol. The van der Waals surface area contributed by atoms with Gasteiger partial charge >= 0.3 is 0 Å². The largest absolute Gasteiger partial charge is 0.491 e. The molecule has 1 amide bonds. The average Bonchev–Trinajstić information content (AvgIpc) is 3.22. The van der Waals surface area contributed by atoms with Crippen molar-refractivity contribution < 1.29 is 9.53 Å². The summed E-state index contributed by atoms with van der Waals surface area (Å²) in [5, 5.41) is 7.45. The van der Waals surface area contributed by atoms with Crippen molar-refractivity contribution in [2.24, 2.45) is 5.73 Å². The molecular weight excluding hydrogens is 352 g/mol. The Morgan fingerprint density at radius 2 is 1.96 bits per heavy atom. The topological polar surface area (TPSA) is 84.2 Å². The number of aromatic nitrogens is 2. The van der Waals surface area contributed by atoms with E-state index >= 15 is 0 Å². The molecule has 0 unspecified atom stereocenters. The third-order valence-electron chi connectivity index (χ3n) is 4.76. The molecule has 0 radical (unpaired) electrons. The minimum Gasteiger partial charge on any atom is -0.491 e. The van der Waals surface area contributed by atoms with Crippen molar-refractivity contribution in [3.05, 3.63) is 71.4 Å². The highest BCUT2D eigenvalue weighted by molar-refractivity contribution is 5.97. The summed E-state index contributed by atoms with van der Waals surface area (Å²) < 4.78 is 5.67. The molecule has 0 fully saturated rings. The maximum Gasteiger partial charge on any atom is 0.257 e. The number of rotatable bonds is 7. The lowest BCUT2D eigenvalue weighted by Gasteiger charge is -2.25. The number of nitrogens with zero attached hydrogens (tertiary/aromatic N) is 2. The van der Waals surface area contributed by atoms with E-state index in [1.807, 2.05) is 68.4 Å². The number of H-pyrrole nitrogens is 1. The number of amides is 1. The zero-order valence-corrected chi connectivity index (χ0v) is 16.5. The number of carbonyl (C=O) groups excluding carboxylic acids is 1. The molecule has 0 aliphatic carbocycles. The fraction of sp³-hybridized carbons (Fsp3) is 0.273. The van der Waals surface area contributed by atoms with Crippen molar-refractivity contribution in [1.82, 2.24) is 15.1 Å². The molecule has 0 saturated heterocycles. The molecule has 6 nitrogen and oxygen atoms in total. The zero-order valence-electron chi connectivity index (χ0n) is 16.5. The summed E-state index contributed by atoms with van der Waals surface area (Å²) in [6, 6.07) is 17.3. The molecule has 3 N–H and O–H groups in total. The first-order chi connectivity index (χ1) is 13.5. The number of nitrogens with one attached hydrogen (secondary N) is 1. The van der Waals surface area contributed by atoms with Crippen LogP contribution in [0, 0.1) is 6.92 Å².